The van der Waals surface area contributed by atoms with Crippen LogP contribution in [0, 0.1) is 20.8 Å². The topological polar surface area (TPSA) is 222 Å². The molecule has 8 aromatic rings. The molecule has 0 atom stereocenters. The number of aryl methyl sites for hydroxylation is 4. The average molecular weight is 665 g/mol. The molecule has 4 aromatic carbocycles. The molecule has 0 fully saturated rings. The highest BCUT2D eigenvalue weighted by molar-refractivity contribution is 6.09. The van der Waals surface area contributed by atoms with Crippen molar-refractivity contribution in [2.24, 2.45) is 18.6 Å². The Morgan fingerprint density at radius 1 is 0.780 bits per heavy atom. The van der Waals surface area contributed by atoms with Gasteiger partial charge in [0.1, 0.15) is 11.0 Å². The molecule has 0 aliphatic rings. The van der Waals surface area contributed by atoms with E-state index in [1.807, 2.05) is 88.6 Å². The molecule has 8 rings (SSSR count). The highest BCUT2D eigenvalue weighted by atomic mass is 16.2. The molecule has 0 radical (unpaired) electrons. The van der Waals surface area contributed by atoms with Crippen molar-refractivity contribution in [3.8, 4) is 22.3 Å². The van der Waals surface area contributed by atoms with Crippen molar-refractivity contribution >= 4 is 61.1 Å². The Labute approximate surface area is 284 Å². The summed E-state index contributed by atoms with van der Waals surface area (Å²) in [5.74, 6) is 4.02. The first kappa shape index (κ1) is 31.8. The Morgan fingerprint density at radius 3 is 2.24 bits per heavy atom. The normalized spacial score (nSPS) is 11.2. The zero-order valence-corrected chi connectivity index (χ0v) is 27.6. The lowest BCUT2D eigenvalue weighted by molar-refractivity contribution is 0.0946. The Hall–Kier alpha value is -6.80. The van der Waals surface area contributed by atoms with Gasteiger partial charge in [0.05, 0.1) is 22.9 Å². The van der Waals surface area contributed by atoms with Gasteiger partial charge in [-0.2, -0.15) is 10.2 Å². The highest BCUT2D eigenvalue weighted by Gasteiger charge is 2.19. The number of nitrogens with one attached hydrogen (secondary N) is 2. The second-order valence-corrected chi connectivity index (χ2v) is 12.1. The number of aromatic nitrogens is 8. The first-order valence-corrected chi connectivity index (χ1v) is 15.5. The number of H-pyrrole nitrogens is 1. The van der Waals surface area contributed by atoms with Gasteiger partial charge in [-0.3, -0.25) is 24.8 Å². The van der Waals surface area contributed by atoms with Gasteiger partial charge in [-0.25, -0.2) is 5.84 Å². The molecule has 4 heterocycles. The number of carbonyl (C=O) groups excluding carboxylic acids is 2. The average Bonchev–Trinajstić information content (AvgIpc) is 3.72. The van der Waals surface area contributed by atoms with Crippen LogP contribution in [0.15, 0.2) is 73.1 Å². The number of benzene rings is 4. The fourth-order valence-corrected chi connectivity index (χ4v) is 6.38. The van der Waals surface area contributed by atoms with Crippen molar-refractivity contribution in [2.75, 3.05) is 5.73 Å². The fourth-order valence-electron chi connectivity index (χ4n) is 6.38. The predicted molar refractivity (Wildman–Crippen MR) is 193 cm³/mol. The first-order chi connectivity index (χ1) is 24.0. The molecule has 50 heavy (non-hydrogen) atoms. The van der Waals surface area contributed by atoms with E-state index in [0.717, 1.165) is 71.7 Å². The van der Waals surface area contributed by atoms with Crippen LogP contribution in [-0.4, -0.2) is 52.2 Å². The monoisotopic (exact) mass is 664 g/mol. The van der Waals surface area contributed by atoms with E-state index in [2.05, 4.69) is 41.1 Å². The van der Waals surface area contributed by atoms with Crippen LogP contribution in [0.3, 0.4) is 0 Å². The number of fused-ring (bicyclic) bond motifs is 4. The van der Waals surface area contributed by atoms with Gasteiger partial charge in [-0.05, 0) is 66.8 Å². The third kappa shape index (κ3) is 5.48. The van der Waals surface area contributed by atoms with Crippen molar-refractivity contribution in [2.45, 2.75) is 20.8 Å². The predicted octanol–water partition coefficient (Wildman–Crippen LogP) is 4.57. The van der Waals surface area contributed by atoms with Crippen LogP contribution in [-0.2, 0) is 7.05 Å². The third-order valence-corrected chi connectivity index (χ3v) is 8.68. The first-order valence-electron chi connectivity index (χ1n) is 15.5. The molecule has 14 heteroatoms. The van der Waals surface area contributed by atoms with E-state index >= 15 is 0 Å². The summed E-state index contributed by atoms with van der Waals surface area (Å²) in [7, 11) is 1.90. The molecule has 0 spiro atoms. The Kier molecular flexibility index (Phi) is 7.84. The number of nitrogen functional groups attached to an aromatic ring is 2. The Morgan fingerprint density at radius 2 is 1.48 bits per heavy atom. The maximum Gasteiger partial charge on any atom is 0.285 e. The van der Waals surface area contributed by atoms with Gasteiger partial charge in [0.15, 0.2) is 11.4 Å². The number of hydrazine groups is 1. The molecule has 0 unspecified atom stereocenters. The number of rotatable bonds is 4. The minimum atomic E-state index is -0.688. The van der Waals surface area contributed by atoms with E-state index in [0.29, 0.717) is 10.9 Å². The summed E-state index contributed by atoms with van der Waals surface area (Å²) in [6, 6.07) is 19.8. The van der Waals surface area contributed by atoms with Crippen molar-refractivity contribution in [1.82, 2.24) is 45.8 Å². The van der Waals surface area contributed by atoms with E-state index in [1.165, 1.54) is 0 Å². The maximum absolute atomic E-state index is 11.7. The number of amides is 2. The van der Waals surface area contributed by atoms with E-state index in [4.69, 9.17) is 17.3 Å². The zero-order valence-electron chi connectivity index (χ0n) is 27.6. The maximum atomic E-state index is 11.7. The smallest absolute Gasteiger partial charge is 0.285 e. The molecular formula is C36H32N12O2. The van der Waals surface area contributed by atoms with Crippen LogP contribution in [0.4, 0.5) is 5.69 Å². The lowest BCUT2D eigenvalue weighted by Gasteiger charge is -2.14. The number of primary amides is 1. The molecule has 0 bridgehead atoms. The second-order valence-electron chi connectivity index (χ2n) is 12.1. The highest BCUT2D eigenvalue weighted by Crippen LogP contribution is 2.37. The molecule has 0 saturated heterocycles. The summed E-state index contributed by atoms with van der Waals surface area (Å²) in [6.07, 6.45) is 3.75. The van der Waals surface area contributed by atoms with Gasteiger partial charge in [0.2, 0.25) is 0 Å². The van der Waals surface area contributed by atoms with Crippen LogP contribution in [0.1, 0.15) is 37.7 Å². The van der Waals surface area contributed by atoms with E-state index in [9.17, 15) is 9.59 Å². The van der Waals surface area contributed by atoms with E-state index in [-0.39, 0.29) is 17.1 Å². The third-order valence-electron chi connectivity index (χ3n) is 8.68. The van der Waals surface area contributed by atoms with Crippen molar-refractivity contribution in [3.63, 3.8) is 0 Å². The lowest BCUT2D eigenvalue weighted by Crippen LogP contribution is -2.30. The number of nitrogens with two attached hydrogens (primary N) is 3. The fraction of sp³-hybridized carbons (Fsp3) is 0.111. The number of hydrogen-bond donors (Lipinski definition) is 5. The van der Waals surface area contributed by atoms with Crippen LogP contribution in [0.5, 0.6) is 0 Å². The summed E-state index contributed by atoms with van der Waals surface area (Å²) in [5.41, 5.74) is 24.2. The molecule has 0 aliphatic heterocycles. The standard InChI is InChI=1S/2C18H16N6O/c1-8-5-9(2)14-15(19)17(18(20)25)24-23-16(14)13(8)10-3-4-11-7-21-22-12(11)6-10;1-10-3-4-12-8-15(18(25)20-19)21-22-17(12)16(10)11-5-6-13-9-24(2)23-14(13)7-11/h3-7H,1-2H3,(H2,19,23)(H2,20,25)(H,21,22);3-9H,19H2,1-2H3,(H,20,25). The van der Waals surface area contributed by atoms with Gasteiger partial charge >= 0.3 is 0 Å². The summed E-state index contributed by atoms with van der Waals surface area (Å²) < 4.78 is 1.79. The van der Waals surface area contributed by atoms with E-state index in [1.54, 1.807) is 16.9 Å². The minimum absolute atomic E-state index is 0.00516. The van der Waals surface area contributed by atoms with Crippen LogP contribution in [0.2, 0.25) is 0 Å². The summed E-state index contributed by atoms with van der Waals surface area (Å²) >= 11 is 0. The van der Waals surface area contributed by atoms with Gasteiger partial charge in [-0.15, -0.1) is 20.4 Å². The van der Waals surface area contributed by atoms with Crippen molar-refractivity contribution in [3.05, 3.63) is 101 Å². The second kappa shape index (κ2) is 12.3. The molecule has 4 aromatic heterocycles. The SMILES string of the molecule is Cc1cc(C)c2c(N)c(C(N)=O)nnc2c1-c1ccc2cn[nH]c2c1.Cc1ccc2cc(C(=O)NN)nnc2c1-c1ccc2cn(C)nc2c1. The van der Waals surface area contributed by atoms with Gasteiger partial charge in [-0.1, -0.05) is 42.5 Å². The summed E-state index contributed by atoms with van der Waals surface area (Å²) in [4.78, 5) is 23.2. The van der Waals surface area contributed by atoms with Crippen molar-refractivity contribution < 1.29 is 9.59 Å². The lowest BCUT2D eigenvalue weighted by atomic mass is 9.93. The molecule has 0 aliphatic carbocycles. The number of carbonyl (C=O) groups is 2. The van der Waals surface area contributed by atoms with Gasteiger partial charge < -0.3 is 11.5 Å². The summed E-state index contributed by atoms with van der Waals surface area (Å²) in [5, 5.41) is 31.7. The number of hydrogen-bond acceptors (Lipinski definition) is 10. The van der Waals surface area contributed by atoms with Gasteiger partial charge in [0.25, 0.3) is 11.8 Å². The molecule has 14 nitrogen and oxygen atoms in total. The molecule has 2 amide bonds. The molecular weight excluding hydrogens is 632 g/mol. The van der Waals surface area contributed by atoms with Crippen LogP contribution >= 0.6 is 0 Å². The Bertz CT molecular complexity index is 2660. The van der Waals surface area contributed by atoms with Crippen LogP contribution in [0.25, 0.3) is 65.9 Å². The zero-order chi connectivity index (χ0) is 35.3. The quantitative estimate of drug-likeness (QED) is 0.100. The Balaban J connectivity index is 0.000000157. The largest absolute Gasteiger partial charge is 0.396 e. The number of anilines is 1. The molecule has 0 saturated carbocycles. The number of aromatic amines is 1. The van der Waals surface area contributed by atoms with E-state index < -0.39 is 11.8 Å². The molecule has 8 N–H and O–H groups in total. The molecule has 248 valence electrons. The van der Waals surface area contributed by atoms with Crippen LogP contribution < -0.4 is 22.7 Å². The minimum Gasteiger partial charge on any atom is -0.396 e. The summed E-state index contributed by atoms with van der Waals surface area (Å²) in [6.45, 7) is 5.97. The number of nitrogens with zero attached hydrogens (tertiary/aromatic N) is 7. The van der Waals surface area contributed by atoms with Gasteiger partial charge in [0, 0.05) is 45.9 Å². The van der Waals surface area contributed by atoms with Crippen molar-refractivity contribution in [1.29, 1.82) is 0 Å².